The Morgan fingerprint density at radius 1 is 1.43 bits per heavy atom. The fourth-order valence-electron chi connectivity index (χ4n) is 1.52. The third kappa shape index (κ3) is 3.60. The van der Waals surface area contributed by atoms with Gasteiger partial charge in [0.2, 0.25) is 10.0 Å². The standard InChI is InChI=1S/C11H11N3O5S2/c1-2-9(15)18-5-6-20-7-3-4-8(21(12,16)17)11-10(7)13-19-14-11/h2-4H,1,5-6H2,(H2,12,16,17). The highest BCUT2D eigenvalue weighted by Gasteiger charge is 2.19. The molecule has 8 nitrogen and oxygen atoms in total. The molecule has 0 fully saturated rings. The highest BCUT2D eigenvalue weighted by molar-refractivity contribution is 7.99. The van der Waals surface area contributed by atoms with E-state index in [-0.39, 0.29) is 17.0 Å². The van der Waals surface area contributed by atoms with Gasteiger partial charge in [-0.15, -0.1) is 11.8 Å². The van der Waals surface area contributed by atoms with Crippen molar-refractivity contribution < 1.29 is 22.6 Å². The second-order valence-corrected chi connectivity index (χ2v) is 6.45. The molecule has 0 aliphatic carbocycles. The third-order valence-electron chi connectivity index (χ3n) is 2.40. The molecule has 0 radical (unpaired) electrons. The van der Waals surface area contributed by atoms with Gasteiger partial charge in [0.05, 0.1) is 0 Å². The van der Waals surface area contributed by atoms with Crippen LogP contribution in [0, 0.1) is 0 Å². The van der Waals surface area contributed by atoms with Crippen molar-refractivity contribution in [2.75, 3.05) is 12.4 Å². The van der Waals surface area contributed by atoms with E-state index in [1.165, 1.54) is 17.8 Å². The molecule has 0 saturated heterocycles. The van der Waals surface area contributed by atoms with Gasteiger partial charge in [0.1, 0.15) is 17.0 Å². The zero-order chi connectivity index (χ0) is 15.5. The molecular weight excluding hydrogens is 318 g/mol. The van der Waals surface area contributed by atoms with Gasteiger partial charge >= 0.3 is 5.97 Å². The summed E-state index contributed by atoms with van der Waals surface area (Å²) in [4.78, 5) is 11.4. The lowest BCUT2D eigenvalue weighted by Gasteiger charge is -2.04. The van der Waals surface area contributed by atoms with E-state index in [9.17, 15) is 13.2 Å². The van der Waals surface area contributed by atoms with Crippen molar-refractivity contribution in [1.82, 2.24) is 10.3 Å². The first-order valence-corrected chi connectivity index (χ1v) is 8.16. The fraction of sp³-hybridized carbons (Fsp3) is 0.182. The summed E-state index contributed by atoms with van der Waals surface area (Å²) in [5.74, 6) is -0.0515. The zero-order valence-corrected chi connectivity index (χ0v) is 12.3. The van der Waals surface area contributed by atoms with Crippen molar-refractivity contribution in [2.45, 2.75) is 9.79 Å². The molecule has 0 unspecified atom stereocenters. The Morgan fingerprint density at radius 3 is 2.81 bits per heavy atom. The molecule has 0 spiro atoms. The van der Waals surface area contributed by atoms with Gasteiger partial charge in [0, 0.05) is 16.7 Å². The molecule has 1 heterocycles. The van der Waals surface area contributed by atoms with Crippen LogP contribution in [-0.2, 0) is 19.6 Å². The fourth-order valence-corrected chi connectivity index (χ4v) is 3.00. The summed E-state index contributed by atoms with van der Waals surface area (Å²) in [6.45, 7) is 3.46. The van der Waals surface area contributed by atoms with Crippen LogP contribution < -0.4 is 5.14 Å². The van der Waals surface area contributed by atoms with E-state index in [0.29, 0.717) is 16.2 Å². The predicted molar refractivity (Wildman–Crippen MR) is 75.1 cm³/mol. The minimum absolute atomic E-state index is 0.0746. The number of nitrogens with two attached hydrogens (primary N) is 1. The van der Waals surface area contributed by atoms with Crippen molar-refractivity contribution in [1.29, 1.82) is 0 Å². The number of hydrogen-bond acceptors (Lipinski definition) is 8. The Morgan fingerprint density at radius 2 is 2.14 bits per heavy atom. The van der Waals surface area contributed by atoms with Crippen molar-refractivity contribution in [3.8, 4) is 0 Å². The number of thioether (sulfide) groups is 1. The molecule has 0 aliphatic heterocycles. The average molecular weight is 329 g/mol. The monoisotopic (exact) mass is 329 g/mol. The highest BCUT2D eigenvalue weighted by atomic mass is 32.2. The van der Waals surface area contributed by atoms with Gasteiger partial charge in [-0.1, -0.05) is 6.58 Å². The molecule has 1 aromatic heterocycles. The van der Waals surface area contributed by atoms with E-state index >= 15 is 0 Å². The lowest BCUT2D eigenvalue weighted by atomic mass is 10.3. The first-order chi connectivity index (χ1) is 9.93. The summed E-state index contributed by atoms with van der Waals surface area (Å²) in [6.07, 6.45) is 1.07. The average Bonchev–Trinajstić information content (AvgIpc) is 2.91. The SMILES string of the molecule is C=CC(=O)OCCSc1ccc(S(N)(=O)=O)c2nonc12. The summed E-state index contributed by atoms with van der Waals surface area (Å²) < 4.78 is 32.2. The quantitative estimate of drug-likeness (QED) is 0.355. The second-order valence-electron chi connectivity index (χ2n) is 3.79. The minimum atomic E-state index is -3.91. The normalized spacial score (nSPS) is 11.5. The van der Waals surface area contributed by atoms with Crippen molar-refractivity contribution in [2.24, 2.45) is 5.14 Å². The molecule has 10 heteroatoms. The van der Waals surface area contributed by atoms with Gasteiger partial charge in [-0.05, 0) is 22.4 Å². The highest BCUT2D eigenvalue weighted by Crippen LogP contribution is 2.29. The Balaban J connectivity index is 2.17. The Bertz CT molecular complexity index is 784. The van der Waals surface area contributed by atoms with Crippen LogP contribution in [0.1, 0.15) is 0 Å². The van der Waals surface area contributed by atoms with E-state index in [1.54, 1.807) is 6.07 Å². The summed E-state index contributed by atoms with van der Waals surface area (Å²) in [5, 5.41) is 12.3. The lowest BCUT2D eigenvalue weighted by molar-refractivity contribution is -0.137. The molecule has 2 N–H and O–H groups in total. The predicted octanol–water partition coefficient (Wildman–Crippen LogP) is 0.692. The van der Waals surface area contributed by atoms with Crippen LogP contribution in [0.5, 0.6) is 0 Å². The summed E-state index contributed by atoms with van der Waals surface area (Å²) in [6, 6.07) is 2.88. The number of ether oxygens (including phenoxy) is 1. The number of carbonyl (C=O) groups is 1. The number of hydrogen-bond donors (Lipinski definition) is 1. The maximum Gasteiger partial charge on any atom is 0.330 e. The summed E-state index contributed by atoms with van der Waals surface area (Å²) in [5.41, 5.74) is 0.368. The van der Waals surface area contributed by atoms with Gasteiger partial charge in [-0.2, -0.15) is 0 Å². The van der Waals surface area contributed by atoms with Crippen molar-refractivity contribution in [3.63, 3.8) is 0 Å². The van der Waals surface area contributed by atoms with Crippen LogP contribution in [0.4, 0.5) is 0 Å². The van der Waals surface area contributed by atoms with Crippen LogP contribution in [0.15, 0.2) is 39.2 Å². The number of rotatable bonds is 6. The maximum absolute atomic E-state index is 11.4. The molecule has 0 bridgehead atoms. The Labute approximate surface area is 124 Å². The van der Waals surface area contributed by atoms with Crippen LogP contribution in [0.3, 0.4) is 0 Å². The van der Waals surface area contributed by atoms with E-state index in [1.807, 2.05) is 0 Å². The molecule has 2 aromatic rings. The smallest absolute Gasteiger partial charge is 0.330 e. The largest absolute Gasteiger partial charge is 0.462 e. The Hall–Kier alpha value is -1.91. The first kappa shape index (κ1) is 15.5. The van der Waals surface area contributed by atoms with Crippen LogP contribution in [0.25, 0.3) is 11.0 Å². The van der Waals surface area contributed by atoms with Crippen LogP contribution in [-0.4, -0.2) is 37.1 Å². The van der Waals surface area contributed by atoms with Crippen molar-refractivity contribution >= 4 is 38.8 Å². The number of aromatic nitrogens is 2. The molecule has 0 saturated carbocycles. The first-order valence-electron chi connectivity index (χ1n) is 5.63. The summed E-state index contributed by atoms with van der Waals surface area (Å²) in [7, 11) is -3.91. The van der Waals surface area contributed by atoms with Gasteiger partial charge < -0.3 is 4.74 Å². The number of nitrogens with zero attached hydrogens (tertiary/aromatic N) is 2. The molecule has 0 amide bonds. The molecule has 21 heavy (non-hydrogen) atoms. The number of fused-ring (bicyclic) bond motifs is 1. The van der Waals surface area contributed by atoms with E-state index in [0.717, 1.165) is 6.08 Å². The van der Waals surface area contributed by atoms with E-state index < -0.39 is 16.0 Å². The molecule has 2 rings (SSSR count). The van der Waals surface area contributed by atoms with Crippen molar-refractivity contribution in [3.05, 3.63) is 24.8 Å². The Kier molecular flexibility index (Phi) is 4.60. The number of primary sulfonamides is 1. The molecule has 112 valence electrons. The van der Waals surface area contributed by atoms with E-state index in [4.69, 9.17) is 9.88 Å². The van der Waals surface area contributed by atoms with E-state index in [2.05, 4.69) is 21.5 Å². The van der Waals surface area contributed by atoms with Gasteiger partial charge in [-0.3, -0.25) is 0 Å². The topological polar surface area (TPSA) is 125 Å². The molecule has 0 aliphatic rings. The molecular formula is C11H11N3O5S2. The van der Waals surface area contributed by atoms with Crippen LogP contribution in [0.2, 0.25) is 0 Å². The number of benzene rings is 1. The lowest BCUT2D eigenvalue weighted by Crippen LogP contribution is -2.12. The van der Waals surface area contributed by atoms with Gasteiger partial charge in [-0.25, -0.2) is 23.0 Å². The molecule has 1 aromatic carbocycles. The molecule has 0 atom stereocenters. The number of esters is 1. The maximum atomic E-state index is 11.4. The number of carbonyl (C=O) groups excluding carboxylic acids is 1. The number of sulfonamides is 1. The minimum Gasteiger partial charge on any atom is -0.462 e. The summed E-state index contributed by atoms with van der Waals surface area (Å²) >= 11 is 1.32. The zero-order valence-electron chi connectivity index (χ0n) is 10.7. The van der Waals surface area contributed by atoms with Crippen LogP contribution >= 0.6 is 11.8 Å². The second kappa shape index (κ2) is 6.24. The van der Waals surface area contributed by atoms with Gasteiger partial charge in [0.25, 0.3) is 0 Å². The van der Waals surface area contributed by atoms with Gasteiger partial charge in [0.15, 0.2) is 5.52 Å². The third-order valence-corrected chi connectivity index (χ3v) is 4.35.